The van der Waals surface area contributed by atoms with Gasteiger partial charge in [-0.1, -0.05) is 36.4 Å². The molecule has 0 aliphatic heterocycles. The molecule has 5 aromatic rings. The van der Waals surface area contributed by atoms with Gasteiger partial charge in [-0.25, -0.2) is 0 Å². The van der Waals surface area contributed by atoms with Crippen LogP contribution in [0.5, 0.6) is 0 Å². The minimum atomic E-state index is 0.790. The second kappa shape index (κ2) is 7.52. The van der Waals surface area contributed by atoms with Crippen LogP contribution in [0.25, 0.3) is 43.1 Å². The first-order valence-corrected chi connectivity index (χ1v) is 11.6. The summed E-state index contributed by atoms with van der Waals surface area (Å²) in [6.07, 6.45) is 8.59. The molecular weight excluding hydrogens is 412 g/mol. The Balaban J connectivity index is 1.43. The highest BCUT2D eigenvalue weighted by molar-refractivity contribution is 7.38. The van der Waals surface area contributed by atoms with Crippen LogP contribution in [0.3, 0.4) is 0 Å². The lowest BCUT2D eigenvalue weighted by Crippen LogP contribution is -1.83. The Hall–Kier alpha value is -2.86. The average Bonchev–Trinajstić information content (AvgIpc) is 3.35. The van der Waals surface area contributed by atoms with E-state index in [0.717, 1.165) is 22.5 Å². The zero-order valence-electron chi connectivity index (χ0n) is 15.5. The monoisotopic (exact) mass is 430 g/mol. The number of hydrogen-bond acceptors (Lipinski definition) is 5. The summed E-state index contributed by atoms with van der Waals surface area (Å²) in [5.41, 5.74) is 15.6. The van der Waals surface area contributed by atoms with Crippen LogP contribution in [0, 0.1) is 0 Å². The molecule has 29 heavy (non-hydrogen) atoms. The Bertz CT molecular complexity index is 1280. The molecule has 3 aromatic heterocycles. The predicted octanol–water partition coefficient (Wildman–Crippen LogP) is 7.68. The fraction of sp³-hybridized carbons (Fsp3) is 0. The van der Waals surface area contributed by atoms with Crippen LogP contribution in [-0.2, 0) is 0 Å². The standard InChI is InChI=1S/C24H18N2S3/c25-17-5-1-3-15(11-17)7-9-19-13-21-23(27-19)24-22(29-21)14-20(28-24)10-8-16-4-2-6-18(26)12-16/h1-14H,25-26H2/b9-7+,10-8+. The van der Waals surface area contributed by atoms with E-state index < -0.39 is 0 Å². The molecule has 0 saturated carbocycles. The quantitative estimate of drug-likeness (QED) is 0.287. The smallest absolute Gasteiger partial charge is 0.0635 e. The number of fused-ring (bicyclic) bond motifs is 3. The predicted molar refractivity (Wildman–Crippen MR) is 135 cm³/mol. The summed E-state index contributed by atoms with van der Waals surface area (Å²) in [6, 6.07) is 20.5. The largest absolute Gasteiger partial charge is 0.399 e. The van der Waals surface area contributed by atoms with Crippen molar-refractivity contribution in [1.82, 2.24) is 0 Å². The van der Waals surface area contributed by atoms with E-state index in [2.05, 4.69) is 48.6 Å². The van der Waals surface area contributed by atoms with Gasteiger partial charge in [-0.3, -0.25) is 0 Å². The van der Waals surface area contributed by atoms with Gasteiger partial charge in [-0.15, -0.1) is 34.0 Å². The van der Waals surface area contributed by atoms with Gasteiger partial charge in [0.25, 0.3) is 0 Å². The first-order chi connectivity index (χ1) is 14.1. The van der Waals surface area contributed by atoms with E-state index in [1.807, 2.05) is 70.4 Å². The number of nitrogen functional groups attached to an aromatic ring is 2. The number of anilines is 2. The van der Waals surface area contributed by atoms with E-state index in [-0.39, 0.29) is 0 Å². The molecule has 5 heteroatoms. The van der Waals surface area contributed by atoms with Crippen molar-refractivity contribution in [1.29, 1.82) is 0 Å². The zero-order valence-corrected chi connectivity index (χ0v) is 17.9. The van der Waals surface area contributed by atoms with E-state index in [1.165, 1.54) is 28.6 Å². The molecule has 0 radical (unpaired) electrons. The van der Waals surface area contributed by atoms with Crippen LogP contribution in [-0.4, -0.2) is 0 Å². The summed E-state index contributed by atoms with van der Waals surface area (Å²) >= 11 is 5.56. The summed E-state index contributed by atoms with van der Waals surface area (Å²) in [6.45, 7) is 0. The number of rotatable bonds is 4. The third kappa shape index (κ3) is 3.85. The van der Waals surface area contributed by atoms with Gasteiger partial charge in [0, 0.05) is 30.5 Å². The van der Waals surface area contributed by atoms with Crippen LogP contribution < -0.4 is 11.5 Å². The molecule has 5 rings (SSSR count). The first-order valence-electron chi connectivity index (χ1n) is 9.17. The fourth-order valence-electron chi connectivity index (χ4n) is 3.22. The van der Waals surface area contributed by atoms with E-state index in [9.17, 15) is 0 Å². The van der Waals surface area contributed by atoms with Gasteiger partial charge in [-0.05, 0) is 59.7 Å². The van der Waals surface area contributed by atoms with Gasteiger partial charge in [0.05, 0.1) is 9.40 Å². The summed E-state index contributed by atoms with van der Waals surface area (Å²) < 4.78 is 5.47. The molecule has 4 N–H and O–H groups in total. The fourth-order valence-corrected chi connectivity index (χ4v) is 7.07. The molecule has 2 aromatic carbocycles. The van der Waals surface area contributed by atoms with Gasteiger partial charge in [0.1, 0.15) is 0 Å². The Morgan fingerprint density at radius 2 is 1.03 bits per heavy atom. The molecule has 0 bridgehead atoms. The van der Waals surface area contributed by atoms with Crippen LogP contribution in [0.15, 0.2) is 60.7 Å². The number of hydrogen-bond donors (Lipinski definition) is 2. The maximum atomic E-state index is 5.87. The Labute approximate surface area is 181 Å². The average molecular weight is 431 g/mol. The highest BCUT2D eigenvalue weighted by atomic mass is 32.1. The lowest BCUT2D eigenvalue weighted by Gasteiger charge is -1.94. The minimum absolute atomic E-state index is 0.790. The van der Waals surface area contributed by atoms with Crippen LogP contribution in [0.1, 0.15) is 20.9 Å². The first kappa shape index (κ1) is 18.2. The topological polar surface area (TPSA) is 52.0 Å². The number of benzene rings is 2. The molecule has 3 heterocycles. The molecule has 0 saturated heterocycles. The third-order valence-corrected chi connectivity index (χ3v) is 8.27. The maximum Gasteiger partial charge on any atom is 0.0635 e. The van der Waals surface area contributed by atoms with Gasteiger partial charge in [0.15, 0.2) is 0 Å². The normalized spacial score (nSPS) is 12.1. The van der Waals surface area contributed by atoms with Crippen molar-refractivity contribution in [2.24, 2.45) is 0 Å². The maximum absolute atomic E-state index is 5.87. The van der Waals surface area contributed by atoms with Crippen molar-refractivity contribution in [2.45, 2.75) is 0 Å². The van der Waals surface area contributed by atoms with E-state index in [1.54, 1.807) is 0 Å². The molecule has 2 nitrogen and oxygen atoms in total. The Kier molecular flexibility index (Phi) is 4.72. The van der Waals surface area contributed by atoms with Crippen LogP contribution in [0.2, 0.25) is 0 Å². The molecular formula is C24H18N2S3. The third-order valence-electron chi connectivity index (χ3n) is 4.56. The van der Waals surface area contributed by atoms with Crippen LogP contribution in [0.4, 0.5) is 11.4 Å². The molecule has 0 spiro atoms. The lowest BCUT2D eigenvalue weighted by molar-refractivity contribution is 1.65. The lowest BCUT2D eigenvalue weighted by atomic mass is 10.2. The summed E-state index contributed by atoms with van der Waals surface area (Å²) in [5, 5.41) is 0. The minimum Gasteiger partial charge on any atom is -0.399 e. The number of thiophene rings is 3. The van der Waals surface area contributed by atoms with E-state index in [0.29, 0.717) is 0 Å². The molecule has 0 unspecified atom stereocenters. The summed E-state index contributed by atoms with van der Waals surface area (Å²) in [4.78, 5) is 2.53. The second-order valence-electron chi connectivity index (χ2n) is 6.79. The van der Waals surface area contributed by atoms with Gasteiger partial charge < -0.3 is 11.5 Å². The molecule has 0 aliphatic rings. The van der Waals surface area contributed by atoms with Crippen LogP contribution >= 0.6 is 34.0 Å². The molecule has 0 amide bonds. The SMILES string of the molecule is Nc1cccc(/C=C/c2cc3sc4cc(/C=C/c5cccc(N)c5)sc4c3s2)c1. The van der Waals surface area contributed by atoms with Crippen molar-refractivity contribution in [3.8, 4) is 0 Å². The van der Waals surface area contributed by atoms with E-state index >= 15 is 0 Å². The summed E-state index contributed by atoms with van der Waals surface area (Å²) in [5.74, 6) is 0. The molecule has 0 fully saturated rings. The van der Waals surface area contributed by atoms with Crippen molar-refractivity contribution in [3.05, 3.63) is 81.5 Å². The van der Waals surface area contributed by atoms with Crippen molar-refractivity contribution in [2.75, 3.05) is 11.5 Å². The number of nitrogens with two attached hydrogens (primary N) is 2. The van der Waals surface area contributed by atoms with E-state index in [4.69, 9.17) is 11.5 Å². The molecule has 0 aliphatic carbocycles. The highest BCUT2D eigenvalue weighted by Gasteiger charge is 2.11. The molecule has 0 atom stereocenters. The van der Waals surface area contributed by atoms with Gasteiger partial charge in [0.2, 0.25) is 0 Å². The Morgan fingerprint density at radius 1 is 0.552 bits per heavy atom. The van der Waals surface area contributed by atoms with Crippen molar-refractivity contribution >= 4 is 88.5 Å². The summed E-state index contributed by atoms with van der Waals surface area (Å²) in [7, 11) is 0. The van der Waals surface area contributed by atoms with Gasteiger partial charge >= 0.3 is 0 Å². The van der Waals surface area contributed by atoms with Crippen molar-refractivity contribution in [3.63, 3.8) is 0 Å². The second-order valence-corrected chi connectivity index (χ2v) is 10.0. The Morgan fingerprint density at radius 3 is 1.48 bits per heavy atom. The van der Waals surface area contributed by atoms with Gasteiger partial charge in [-0.2, -0.15) is 0 Å². The van der Waals surface area contributed by atoms with Crippen molar-refractivity contribution < 1.29 is 0 Å². The highest BCUT2D eigenvalue weighted by Crippen LogP contribution is 2.44. The molecule has 142 valence electrons. The zero-order chi connectivity index (χ0) is 19.8.